The molecule has 0 aliphatic heterocycles. The number of nitrogens with two attached hydrogens (primary N) is 1. The van der Waals surface area contributed by atoms with Crippen LogP contribution in [0.3, 0.4) is 0 Å². The van der Waals surface area contributed by atoms with Crippen LogP contribution < -0.4 is 11.1 Å². The highest BCUT2D eigenvalue weighted by molar-refractivity contribution is 4.52. The molecule has 0 saturated heterocycles. The molecule has 0 heterocycles. The Morgan fingerprint density at radius 2 is 1.06 bits per heavy atom. The highest BCUT2D eigenvalue weighted by Gasteiger charge is 1.94. The lowest BCUT2D eigenvalue weighted by Crippen LogP contribution is -2.19. The van der Waals surface area contributed by atoms with Crippen LogP contribution in [0.25, 0.3) is 0 Å². The Morgan fingerprint density at radius 3 is 1.24 bits per heavy atom. The minimum atomic E-state index is 0.773. The Kier molecular flexibility index (Phi) is 15.8. The first kappa shape index (κ1) is 19.3. The second kappa shape index (κ2) is 14.0. The van der Waals surface area contributed by atoms with Crippen LogP contribution in [0.5, 0.6) is 0 Å². The van der Waals surface area contributed by atoms with E-state index < -0.39 is 0 Å². The molecule has 0 aromatic rings. The van der Waals surface area contributed by atoms with Gasteiger partial charge in [-0.15, -0.1) is 0 Å². The lowest BCUT2D eigenvalue weighted by atomic mass is 10.1. The van der Waals surface area contributed by atoms with Crippen molar-refractivity contribution in [3.8, 4) is 0 Å². The van der Waals surface area contributed by atoms with Gasteiger partial charge in [0, 0.05) is 0 Å². The smallest absolute Gasteiger partial charge is 0.00465 e. The zero-order valence-corrected chi connectivity index (χ0v) is 13.1. The van der Waals surface area contributed by atoms with Crippen LogP contribution in [0.4, 0.5) is 0 Å². The third-order valence-electron chi connectivity index (χ3n) is 2.54. The molecule has 17 heavy (non-hydrogen) atoms. The zero-order valence-electron chi connectivity index (χ0n) is 13.1. The van der Waals surface area contributed by atoms with Crippen LogP contribution in [0.1, 0.15) is 60.8 Å². The van der Waals surface area contributed by atoms with Crippen LogP contribution >= 0.6 is 0 Å². The maximum absolute atomic E-state index is 5.23. The predicted octanol–water partition coefficient (Wildman–Crippen LogP) is 3.66. The van der Waals surface area contributed by atoms with Crippen molar-refractivity contribution in [2.75, 3.05) is 19.6 Å². The molecule has 0 amide bonds. The van der Waals surface area contributed by atoms with E-state index in [0.29, 0.717) is 0 Å². The van der Waals surface area contributed by atoms with E-state index in [1.165, 1.54) is 25.9 Å². The molecule has 0 aliphatic carbocycles. The molecule has 0 spiro atoms. The molecule has 0 unspecified atom stereocenters. The first-order chi connectivity index (χ1) is 7.90. The van der Waals surface area contributed by atoms with Crippen LogP contribution in [0.15, 0.2) is 0 Å². The summed E-state index contributed by atoms with van der Waals surface area (Å²) < 4.78 is 0. The molecular formula is C15H36N2. The van der Waals surface area contributed by atoms with Gasteiger partial charge in [-0.2, -0.15) is 0 Å². The molecule has 3 N–H and O–H groups in total. The van der Waals surface area contributed by atoms with Gasteiger partial charge in [0.05, 0.1) is 0 Å². The molecule has 0 aromatic heterocycles. The second-order valence-electron chi connectivity index (χ2n) is 6.09. The topological polar surface area (TPSA) is 38.0 Å². The summed E-state index contributed by atoms with van der Waals surface area (Å²) in [5, 5.41) is 3.45. The predicted molar refractivity (Wildman–Crippen MR) is 80.3 cm³/mol. The normalized spacial score (nSPS) is 10.9. The van der Waals surface area contributed by atoms with Gasteiger partial charge < -0.3 is 11.1 Å². The lowest BCUT2D eigenvalue weighted by Gasteiger charge is -2.07. The average molecular weight is 244 g/mol. The molecule has 0 saturated carbocycles. The van der Waals surface area contributed by atoms with Gasteiger partial charge in [-0.3, -0.25) is 0 Å². The summed E-state index contributed by atoms with van der Waals surface area (Å²) in [7, 11) is 0. The fourth-order valence-electron chi connectivity index (χ4n) is 1.24. The first-order valence-electron chi connectivity index (χ1n) is 7.30. The maximum Gasteiger partial charge on any atom is -0.00465 e. The summed E-state index contributed by atoms with van der Waals surface area (Å²) in [6.07, 6.45) is 3.76. The Labute approximate surface area is 110 Å². The van der Waals surface area contributed by atoms with Crippen LogP contribution in [-0.2, 0) is 0 Å². The van der Waals surface area contributed by atoms with Gasteiger partial charge in [0.15, 0.2) is 0 Å². The third kappa shape index (κ3) is 25.9. The van der Waals surface area contributed by atoms with Crippen molar-refractivity contribution in [1.29, 1.82) is 0 Å². The molecule has 0 rings (SSSR count). The van der Waals surface area contributed by atoms with Gasteiger partial charge in [-0.25, -0.2) is 0 Å². The van der Waals surface area contributed by atoms with Gasteiger partial charge in [0.25, 0.3) is 0 Å². The van der Waals surface area contributed by atoms with Crippen molar-refractivity contribution < 1.29 is 0 Å². The molecule has 2 heteroatoms. The largest absolute Gasteiger partial charge is 0.330 e. The van der Waals surface area contributed by atoms with Crippen LogP contribution in [0, 0.1) is 17.8 Å². The average Bonchev–Trinajstić information content (AvgIpc) is 2.16. The van der Waals surface area contributed by atoms with Crippen molar-refractivity contribution >= 4 is 0 Å². The van der Waals surface area contributed by atoms with E-state index >= 15 is 0 Å². The van der Waals surface area contributed by atoms with Gasteiger partial charge in [-0.05, 0) is 56.7 Å². The SMILES string of the molecule is CC(C)CCN.CC(C)CCNCCC(C)C. The van der Waals surface area contributed by atoms with Crippen LogP contribution in [0.2, 0.25) is 0 Å². The highest BCUT2D eigenvalue weighted by Crippen LogP contribution is 1.98. The zero-order chi connectivity index (χ0) is 13.7. The van der Waals surface area contributed by atoms with Crippen molar-refractivity contribution in [1.82, 2.24) is 5.32 Å². The van der Waals surface area contributed by atoms with Gasteiger partial charge in [-0.1, -0.05) is 41.5 Å². The number of nitrogens with one attached hydrogen (secondary N) is 1. The van der Waals surface area contributed by atoms with E-state index in [2.05, 4.69) is 46.9 Å². The van der Waals surface area contributed by atoms with Crippen molar-refractivity contribution in [3.63, 3.8) is 0 Å². The summed E-state index contributed by atoms with van der Waals surface area (Å²) in [5.41, 5.74) is 5.23. The summed E-state index contributed by atoms with van der Waals surface area (Å²) in [6.45, 7) is 16.6. The van der Waals surface area contributed by atoms with E-state index in [-0.39, 0.29) is 0 Å². The van der Waals surface area contributed by atoms with Crippen LogP contribution in [-0.4, -0.2) is 19.6 Å². The Balaban J connectivity index is 0. The second-order valence-corrected chi connectivity index (χ2v) is 6.09. The molecule has 0 atom stereocenters. The summed E-state index contributed by atoms with van der Waals surface area (Å²) >= 11 is 0. The first-order valence-corrected chi connectivity index (χ1v) is 7.30. The number of hydrogen-bond donors (Lipinski definition) is 2. The van der Waals surface area contributed by atoms with E-state index in [9.17, 15) is 0 Å². The minimum Gasteiger partial charge on any atom is -0.330 e. The summed E-state index contributed by atoms with van der Waals surface area (Å²) in [5.74, 6) is 2.44. The maximum atomic E-state index is 5.23. The Hall–Kier alpha value is -0.0800. The number of rotatable bonds is 8. The van der Waals surface area contributed by atoms with Gasteiger partial charge in [0.2, 0.25) is 0 Å². The summed E-state index contributed by atoms with van der Waals surface area (Å²) in [4.78, 5) is 0. The quantitative estimate of drug-likeness (QED) is 0.640. The minimum absolute atomic E-state index is 0.773. The van der Waals surface area contributed by atoms with Gasteiger partial charge >= 0.3 is 0 Å². The van der Waals surface area contributed by atoms with Crippen molar-refractivity contribution in [2.45, 2.75) is 60.8 Å². The highest BCUT2D eigenvalue weighted by atomic mass is 14.8. The standard InChI is InChI=1S/C10H23N.C5H13N/c1-9(2)5-7-11-8-6-10(3)4;1-5(2)3-4-6/h9-11H,5-8H2,1-4H3;5H,3-4,6H2,1-2H3. The summed E-state index contributed by atoms with van der Waals surface area (Å²) in [6, 6.07) is 0. The molecular weight excluding hydrogens is 208 g/mol. The molecule has 106 valence electrons. The Morgan fingerprint density at radius 1 is 0.706 bits per heavy atom. The van der Waals surface area contributed by atoms with E-state index in [1.54, 1.807) is 0 Å². The third-order valence-corrected chi connectivity index (χ3v) is 2.54. The molecule has 0 fully saturated rings. The van der Waals surface area contributed by atoms with E-state index in [0.717, 1.165) is 30.7 Å². The van der Waals surface area contributed by atoms with Crippen molar-refractivity contribution in [3.05, 3.63) is 0 Å². The fourth-order valence-corrected chi connectivity index (χ4v) is 1.24. The molecule has 2 nitrogen and oxygen atoms in total. The molecule has 0 bridgehead atoms. The molecule has 0 radical (unpaired) electrons. The van der Waals surface area contributed by atoms with Crippen molar-refractivity contribution in [2.24, 2.45) is 23.5 Å². The van der Waals surface area contributed by atoms with E-state index in [4.69, 9.17) is 5.73 Å². The van der Waals surface area contributed by atoms with E-state index in [1.807, 2.05) is 0 Å². The number of hydrogen-bond acceptors (Lipinski definition) is 2. The Bertz CT molecular complexity index is 121. The molecule has 0 aliphatic rings. The fraction of sp³-hybridized carbons (Fsp3) is 1.00. The van der Waals surface area contributed by atoms with Gasteiger partial charge in [0.1, 0.15) is 0 Å². The lowest BCUT2D eigenvalue weighted by molar-refractivity contribution is 0.498. The molecule has 0 aromatic carbocycles. The monoisotopic (exact) mass is 244 g/mol.